The predicted molar refractivity (Wildman–Crippen MR) is 103 cm³/mol. The van der Waals surface area contributed by atoms with Crippen molar-refractivity contribution >= 4 is 50.8 Å². The second-order valence-electron chi connectivity index (χ2n) is 5.56. The van der Waals surface area contributed by atoms with E-state index in [1.807, 2.05) is 25.1 Å². The Bertz CT molecular complexity index is 1070. The predicted octanol–water partition coefficient (Wildman–Crippen LogP) is 2.43. The molecule has 9 heteroatoms. The van der Waals surface area contributed by atoms with E-state index in [1.165, 1.54) is 0 Å². The molecule has 0 unspecified atom stereocenters. The van der Waals surface area contributed by atoms with Gasteiger partial charge in [-0.15, -0.1) is 23.1 Å². The van der Waals surface area contributed by atoms with E-state index in [9.17, 15) is 19.5 Å². The maximum atomic E-state index is 12.2. The Hall–Kier alpha value is -2.78. The summed E-state index contributed by atoms with van der Waals surface area (Å²) in [5.41, 5.74) is 6.88. The van der Waals surface area contributed by atoms with Crippen LogP contribution in [0.3, 0.4) is 0 Å². The number of carbonyl (C=O) groups excluding carboxylic acids is 2. The summed E-state index contributed by atoms with van der Waals surface area (Å²) < 4.78 is 0.809. The van der Waals surface area contributed by atoms with E-state index in [1.54, 1.807) is 6.07 Å². The number of H-pyrrole nitrogens is 1. The van der Waals surface area contributed by atoms with Gasteiger partial charge in [-0.3, -0.25) is 14.4 Å². The van der Waals surface area contributed by atoms with Crippen LogP contribution in [-0.2, 0) is 4.79 Å². The Balaban J connectivity index is 1.83. The minimum absolute atomic E-state index is 0.0477. The molecule has 1 aromatic carbocycles. The van der Waals surface area contributed by atoms with Gasteiger partial charge in [0, 0.05) is 11.8 Å². The standard InChI is InChI=1S/C17H15N3O4S2/c1-8-3-2-4-9(5-8)19-12(23)7-25-17-13(16(18)24)14-15(26-17)10(21)6-11(22)20-14/h2-6H,7H2,1H3,(H2,18,24)(H,19,23)(H2,20,21,22). The van der Waals surface area contributed by atoms with Crippen molar-refractivity contribution in [3.05, 3.63) is 51.8 Å². The van der Waals surface area contributed by atoms with Crippen LogP contribution in [0.15, 0.2) is 39.3 Å². The van der Waals surface area contributed by atoms with Crippen LogP contribution in [0.2, 0.25) is 0 Å². The Morgan fingerprint density at radius 2 is 2.12 bits per heavy atom. The van der Waals surface area contributed by atoms with E-state index in [0.717, 1.165) is 34.7 Å². The third kappa shape index (κ3) is 3.73. The summed E-state index contributed by atoms with van der Waals surface area (Å²) in [6.07, 6.45) is 0. The molecule has 0 spiro atoms. The van der Waals surface area contributed by atoms with Crippen molar-refractivity contribution in [2.75, 3.05) is 11.1 Å². The Labute approximate surface area is 156 Å². The van der Waals surface area contributed by atoms with Crippen LogP contribution >= 0.6 is 23.1 Å². The number of pyridine rings is 1. The number of hydrogen-bond acceptors (Lipinski definition) is 6. The molecule has 0 aliphatic carbocycles. The van der Waals surface area contributed by atoms with Crippen LogP contribution in [0, 0.1) is 6.92 Å². The number of hydrogen-bond donors (Lipinski definition) is 4. The number of amides is 2. The number of carbonyl (C=O) groups is 2. The fourth-order valence-corrected chi connectivity index (χ4v) is 4.69. The topological polar surface area (TPSA) is 125 Å². The van der Waals surface area contributed by atoms with Crippen LogP contribution in [0.1, 0.15) is 15.9 Å². The van der Waals surface area contributed by atoms with E-state index in [0.29, 0.717) is 14.6 Å². The number of anilines is 1. The molecule has 0 bridgehead atoms. The lowest BCUT2D eigenvalue weighted by Gasteiger charge is -2.05. The third-order valence-corrected chi connectivity index (χ3v) is 5.99. The molecule has 0 fully saturated rings. The first-order valence-electron chi connectivity index (χ1n) is 7.53. The number of nitrogens with one attached hydrogen (secondary N) is 2. The quantitative estimate of drug-likeness (QED) is 0.499. The molecule has 26 heavy (non-hydrogen) atoms. The van der Waals surface area contributed by atoms with Crippen LogP contribution in [0.4, 0.5) is 5.69 Å². The van der Waals surface area contributed by atoms with Gasteiger partial charge < -0.3 is 21.1 Å². The first-order valence-corrected chi connectivity index (χ1v) is 9.33. The highest BCUT2D eigenvalue weighted by atomic mass is 32.2. The average Bonchev–Trinajstić information content (AvgIpc) is 2.91. The van der Waals surface area contributed by atoms with E-state index in [-0.39, 0.29) is 28.5 Å². The zero-order valence-electron chi connectivity index (χ0n) is 13.7. The number of thioether (sulfide) groups is 1. The largest absolute Gasteiger partial charge is 0.506 e. The monoisotopic (exact) mass is 389 g/mol. The molecule has 2 aromatic heterocycles. The molecule has 7 nitrogen and oxygen atoms in total. The van der Waals surface area contributed by atoms with Gasteiger partial charge in [0.05, 0.1) is 25.7 Å². The van der Waals surface area contributed by atoms with Gasteiger partial charge in [-0.1, -0.05) is 12.1 Å². The average molecular weight is 389 g/mol. The molecule has 2 amide bonds. The minimum atomic E-state index is -0.737. The fourth-order valence-electron chi connectivity index (χ4n) is 2.44. The maximum absolute atomic E-state index is 12.2. The lowest BCUT2D eigenvalue weighted by atomic mass is 10.2. The molecule has 0 radical (unpaired) electrons. The van der Waals surface area contributed by atoms with E-state index in [2.05, 4.69) is 10.3 Å². The zero-order chi connectivity index (χ0) is 18.8. The number of fused-ring (bicyclic) bond motifs is 1. The summed E-state index contributed by atoms with van der Waals surface area (Å²) in [6, 6.07) is 8.43. The molecule has 3 aromatic rings. The number of nitrogens with two attached hydrogens (primary N) is 1. The molecular formula is C17H15N3O4S2. The number of aromatic amines is 1. The van der Waals surface area contributed by atoms with E-state index < -0.39 is 11.5 Å². The van der Waals surface area contributed by atoms with Crippen molar-refractivity contribution in [1.29, 1.82) is 0 Å². The smallest absolute Gasteiger partial charge is 0.252 e. The number of thiophene rings is 1. The van der Waals surface area contributed by atoms with Crippen LogP contribution < -0.4 is 16.6 Å². The third-order valence-electron chi connectivity index (χ3n) is 3.51. The van der Waals surface area contributed by atoms with E-state index >= 15 is 0 Å². The molecule has 2 heterocycles. The van der Waals surface area contributed by atoms with Gasteiger partial charge in [-0.2, -0.15) is 0 Å². The zero-order valence-corrected chi connectivity index (χ0v) is 15.3. The number of primary amides is 1. The van der Waals surface area contributed by atoms with Gasteiger partial charge in [-0.25, -0.2) is 0 Å². The van der Waals surface area contributed by atoms with Crippen molar-refractivity contribution < 1.29 is 14.7 Å². The molecule has 0 saturated carbocycles. The van der Waals surface area contributed by atoms with Crippen molar-refractivity contribution in [2.24, 2.45) is 5.73 Å². The molecule has 134 valence electrons. The number of rotatable bonds is 5. The first-order chi connectivity index (χ1) is 12.3. The lowest BCUT2D eigenvalue weighted by molar-refractivity contribution is -0.113. The number of benzene rings is 1. The van der Waals surface area contributed by atoms with Gasteiger partial charge >= 0.3 is 0 Å². The number of aryl methyl sites for hydroxylation is 1. The first kappa shape index (κ1) is 18.0. The summed E-state index contributed by atoms with van der Waals surface area (Å²) in [4.78, 5) is 38.0. The van der Waals surface area contributed by atoms with Crippen LogP contribution in [0.5, 0.6) is 5.75 Å². The van der Waals surface area contributed by atoms with Gasteiger partial charge in [0.25, 0.3) is 11.5 Å². The van der Waals surface area contributed by atoms with Crippen molar-refractivity contribution in [1.82, 2.24) is 4.98 Å². The highest BCUT2D eigenvalue weighted by molar-refractivity contribution is 8.02. The summed E-state index contributed by atoms with van der Waals surface area (Å²) in [5.74, 6) is -1.16. The summed E-state index contributed by atoms with van der Waals surface area (Å²) >= 11 is 2.22. The van der Waals surface area contributed by atoms with Crippen molar-refractivity contribution in [3.63, 3.8) is 0 Å². The Morgan fingerprint density at radius 3 is 2.81 bits per heavy atom. The van der Waals surface area contributed by atoms with Gasteiger partial charge in [0.2, 0.25) is 5.91 Å². The fraction of sp³-hybridized carbons (Fsp3) is 0.118. The molecule has 0 saturated heterocycles. The lowest BCUT2D eigenvalue weighted by Crippen LogP contribution is -2.15. The van der Waals surface area contributed by atoms with Gasteiger partial charge in [0.15, 0.2) is 0 Å². The number of aromatic hydroxyl groups is 1. The maximum Gasteiger partial charge on any atom is 0.252 e. The Morgan fingerprint density at radius 1 is 1.35 bits per heavy atom. The highest BCUT2D eigenvalue weighted by Crippen LogP contribution is 2.40. The normalized spacial score (nSPS) is 10.8. The Kier molecular flexibility index (Phi) is 5.01. The SMILES string of the molecule is Cc1cccc(NC(=O)CSc2sc3c(O)cc(=O)[nH]c3c2C(N)=O)c1. The summed E-state index contributed by atoms with van der Waals surface area (Å²) in [6.45, 7) is 1.92. The van der Waals surface area contributed by atoms with E-state index in [4.69, 9.17) is 5.73 Å². The molecule has 5 N–H and O–H groups in total. The van der Waals surface area contributed by atoms with Crippen LogP contribution in [-0.4, -0.2) is 27.7 Å². The minimum Gasteiger partial charge on any atom is -0.506 e. The molecule has 0 atom stereocenters. The summed E-state index contributed by atoms with van der Waals surface area (Å²) in [5, 5.41) is 12.7. The van der Waals surface area contributed by atoms with Gasteiger partial charge in [-0.05, 0) is 24.6 Å². The molecule has 0 aliphatic rings. The van der Waals surface area contributed by atoms with Crippen molar-refractivity contribution in [2.45, 2.75) is 11.1 Å². The molecular weight excluding hydrogens is 374 g/mol. The van der Waals surface area contributed by atoms with Crippen molar-refractivity contribution in [3.8, 4) is 5.75 Å². The number of aromatic nitrogens is 1. The summed E-state index contributed by atoms with van der Waals surface area (Å²) in [7, 11) is 0. The second-order valence-corrected chi connectivity index (χ2v) is 7.82. The second kappa shape index (κ2) is 7.22. The van der Waals surface area contributed by atoms with Crippen LogP contribution in [0.25, 0.3) is 10.2 Å². The molecule has 3 rings (SSSR count). The molecule has 0 aliphatic heterocycles. The highest BCUT2D eigenvalue weighted by Gasteiger charge is 2.21. The van der Waals surface area contributed by atoms with Gasteiger partial charge in [0.1, 0.15) is 5.75 Å².